The van der Waals surface area contributed by atoms with Gasteiger partial charge in [-0.1, -0.05) is 76.9 Å². The number of nitrogens with zero attached hydrogens (tertiary/aromatic N) is 1. The fourth-order valence-corrected chi connectivity index (χ4v) is 3.10. The van der Waals surface area contributed by atoms with Crippen molar-refractivity contribution in [2.75, 3.05) is 26.7 Å². The Balaban J connectivity index is 3.12. The highest BCUT2D eigenvalue weighted by atomic mass is 15.1. The van der Waals surface area contributed by atoms with Crippen LogP contribution >= 0.6 is 0 Å². The molecule has 0 saturated heterocycles. The van der Waals surface area contributed by atoms with Crippen molar-refractivity contribution in [1.29, 1.82) is 0 Å². The van der Waals surface area contributed by atoms with E-state index in [4.69, 9.17) is 5.73 Å². The Bertz CT molecular complexity index is 250. The smallest absolute Gasteiger partial charge is 0.000977 e. The van der Waals surface area contributed by atoms with Gasteiger partial charge in [0.1, 0.15) is 0 Å². The number of rotatable bonds is 19. The molecule has 0 aliphatic heterocycles. The van der Waals surface area contributed by atoms with E-state index in [1.54, 1.807) is 0 Å². The molecule has 0 fully saturated rings. The molecule has 0 aromatic heterocycles. The highest BCUT2D eigenvalue weighted by Crippen LogP contribution is 2.10. The summed E-state index contributed by atoms with van der Waals surface area (Å²) >= 11 is 0. The summed E-state index contributed by atoms with van der Waals surface area (Å²) in [5.41, 5.74) is 5.54. The van der Waals surface area contributed by atoms with Crippen molar-refractivity contribution in [1.82, 2.24) is 4.90 Å². The van der Waals surface area contributed by atoms with Crippen molar-refractivity contribution < 1.29 is 0 Å². The Kier molecular flexibility index (Phi) is 20.4. The van der Waals surface area contributed by atoms with Crippen molar-refractivity contribution in [2.24, 2.45) is 5.73 Å². The Morgan fingerprint density at radius 2 is 1.08 bits per heavy atom. The number of unbranched alkanes of at least 4 members (excludes halogenated alkanes) is 12. The van der Waals surface area contributed by atoms with Crippen LogP contribution in [0, 0.1) is 0 Å². The maximum atomic E-state index is 5.54. The molecule has 0 aromatic rings. The summed E-state index contributed by atoms with van der Waals surface area (Å²) < 4.78 is 0. The zero-order valence-corrected chi connectivity index (χ0v) is 16.9. The maximum Gasteiger partial charge on any atom is -0.000977 e. The van der Waals surface area contributed by atoms with Crippen LogP contribution in [-0.2, 0) is 0 Å². The van der Waals surface area contributed by atoms with Gasteiger partial charge in [0, 0.05) is 0 Å². The first kappa shape index (κ1) is 23.7. The lowest BCUT2D eigenvalue weighted by atomic mass is 10.1. The minimum Gasteiger partial charge on any atom is -0.330 e. The number of allylic oxidation sites excluding steroid dienone is 2. The van der Waals surface area contributed by atoms with Gasteiger partial charge in [-0.2, -0.15) is 0 Å². The summed E-state index contributed by atoms with van der Waals surface area (Å²) in [6.07, 6.45) is 25.3. The topological polar surface area (TPSA) is 29.3 Å². The molecule has 0 aromatic carbocycles. The van der Waals surface area contributed by atoms with Crippen LogP contribution in [0.4, 0.5) is 0 Å². The molecular weight excluding hydrogens is 292 g/mol. The van der Waals surface area contributed by atoms with Crippen LogP contribution in [0.25, 0.3) is 0 Å². The Hall–Kier alpha value is -0.340. The van der Waals surface area contributed by atoms with E-state index < -0.39 is 0 Å². The van der Waals surface area contributed by atoms with Gasteiger partial charge in [0.05, 0.1) is 0 Å². The van der Waals surface area contributed by atoms with E-state index >= 15 is 0 Å². The van der Waals surface area contributed by atoms with Crippen molar-refractivity contribution in [3.8, 4) is 0 Å². The fraction of sp³-hybridized carbons (Fsp3) is 0.909. The monoisotopic (exact) mass is 338 g/mol. The van der Waals surface area contributed by atoms with Crippen LogP contribution in [0.3, 0.4) is 0 Å². The summed E-state index contributed by atoms with van der Waals surface area (Å²) in [7, 11) is 2.22. The van der Waals surface area contributed by atoms with Gasteiger partial charge < -0.3 is 10.6 Å². The average Bonchev–Trinajstić information content (AvgIpc) is 2.59. The van der Waals surface area contributed by atoms with Crippen molar-refractivity contribution in [2.45, 2.75) is 103 Å². The molecule has 24 heavy (non-hydrogen) atoms. The fourth-order valence-electron chi connectivity index (χ4n) is 3.10. The van der Waals surface area contributed by atoms with E-state index in [0.29, 0.717) is 0 Å². The van der Waals surface area contributed by atoms with Crippen LogP contribution in [0.15, 0.2) is 12.2 Å². The molecule has 0 saturated carbocycles. The molecule has 2 N–H and O–H groups in total. The highest BCUT2D eigenvalue weighted by molar-refractivity contribution is 4.81. The van der Waals surface area contributed by atoms with Gasteiger partial charge in [-0.3, -0.25) is 0 Å². The minimum atomic E-state index is 0.817. The van der Waals surface area contributed by atoms with Gasteiger partial charge in [0.25, 0.3) is 0 Å². The molecule has 2 nitrogen and oxygen atoms in total. The third-order valence-electron chi connectivity index (χ3n) is 4.80. The van der Waals surface area contributed by atoms with Gasteiger partial charge in [0.15, 0.2) is 0 Å². The Labute approximate surface area is 153 Å². The molecule has 0 radical (unpaired) electrons. The first-order chi connectivity index (χ1) is 11.8. The quantitative estimate of drug-likeness (QED) is 0.221. The number of hydrogen-bond acceptors (Lipinski definition) is 2. The van der Waals surface area contributed by atoms with Crippen LogP contribution < -0.4 is 5.73 Å². The van der Waals surface area contributed by atoms with Gasteiger partial charge >= 0.3 is 0 Å². The molecule has 0 bridgehead atoms. The minimum absolute atomic E-state index is 0.817. The van der Waals surface area contributed by atoms with Gasteiger partial charge in [-0.25, -0.2) is 0 Å². The maximum absolute atomic E-state index is 5.54. The molecule has 0 spiro atoms. The van der Waals surface area contributed by atoms with Gasteiger partial charge in [-0.15, -0.1) is 0 Å². The van der Waals surface area contributed by atoms with E-state index in [1.807, 2.05) is 0 Å². The lowest BCUT2D eigenvalue weighted by Gasteiger charge is -2.15. The van der Waals surface area contributed by atoms with E-state index in [2.05, 4.69) is 31.0 Å². The van der Waals surface area contributed by atoms with Crippen LogP contribution in [0.2, 0.25) is 0 Å². The molecule has 0 aliphatic rings. The second kappa shape index (κ2) is 20.7. The third-order valence-corrected chi connectivity index (χ3v) is 4.80. The van der Waals surface area contributed by atoms with E-state index in [0.717, 1.165) is 19.5 Å². The Morgan fingerprint density at radius 3 is 1.62 bits per heavy atom. The SMILES string of the molecule is CCCCCCCC/C=C\CCCCCCCCN(C)CCCN. The summed E-state index contributed by atoms with van der Waals surface area (Å²) in [6.45, 7) is 5.49. The second-order valence-corrected chi connectivity index (χ2v) is 7.38. The molecule has 0 atom stereocenters. The summed E-state index contributed by atoms with van der Waals surface area (Å²) in [5, 5.41) is 0. The first-order valence-corrected chi connectivity index (χ1v) is 10.8. The lowest BCUT2D eigenvalue weighted by molar-refractivity contribution is 0.321. The second-order valence-electron chi connectivity index (χ2n) is 7.38. The predicted octanol–water partition coefficient (Wildman–Crippen LogP) is 6.30. The van der Waals surface area contributed by atoms with Gasteiger partial charge in [-0.05, 0) is 65.2 Å². The first-order valence-electron chi connectivity index (χ1n) is 10.8. The van der Waals surface area contributed by atoms with Crippen molar-refractivity contribution in [3.05, 3.63) is 12.2 Å². The zero-order chi connectivity index (χ0) is 17.7. The normalized spacial score (nSPS) is 11.8. The van der Waals surface area contributed by atoms with E-state index in [-0.39, 0.29) is 0 Å². The molecule has 0 heterocycles. The molecule has 0 unspecified atom stereocenters. The van der Waals surface area contributed by atoms with Crippen LogP contribution in [-0.4, -0.2) is 31.6 Å². The summed E-state index contributed by atoms with van der Waals surface area (Å²) in [5.74, 6) is 0. The van der Waals surface area contributed by atoms with E-state index in [1.165, 1.54) is 96.4 Å². The Morgan fingerprint density at radius 1 is 0.625 bits per heavy atom. The van der Waals surface area contributed by atoms with Crippen molar-refractivity contribution in [3.63, 3.8) is 0 Å². The standard InChI is InChI=1S/C22H46N2/c1-3-4-5-6-7-8-9-10-11-12-13-14-15-16-17-18-21-24(2)22-19-20-23/h10-11H,3-9,12-23H2,1-2H3/b11-10-. The molecular formula is C22H46N2. The summed E-state index contributed by atoms with van der Waals surface area (Å²) in [6, 6.07) is 0. The molecule has 0 amide bonds. The van der Waals surface area contributed by atoms with E-state index in [9.17, 15) is 0 Å². The summed E-state index contributed by atoms with van der Waals surface area (Å²) in [4.78, 5) is 2.42. The average molecular weight is 339 g/mol. The molecule has 144 valence electrons. The zero-order valence-electron chi connectivity index (χ0n) is 16.9. The number of hydrogen-bond donors (Lipinski definition) is 1. The molecule has 2 heteroatoms. The highest BCUT2D eigenvalue weighted by Gasteiger charge is 1.97. The largest absolute Gasteiger partial charge is 0.330 e. The van der Waals surface area contributed by atoms with Crippen molar-refractivity contribution >= 4 is 0 Å². The molecule has 0 aliphatic carbocycles. The van der Waals surface area contributed by atoms with Gasteiger partial charge in [0.2, 0.25) is 0 Å². The van der Waals surface area contributed by atoms with Crippen LogP contribution in [0.1, 0.15) is 103 Å². The predicted molar refractivity (Wildman–Crippen MR) is 111 cm³/mol. The van der Waals surface area contributed by atoms with Crippen LogP contribution in [0.5, 0.6) is 0 Å². The lowest BCUT2D eigenvalue weighted by Crippen LogP contribution is -2.22. The number of nitrogens with two attached hydrogens (primary N) is 1. The third kappa shape index (κ3) is 19.7. The molecule has 0 rings (SSSR count).